The number of hydrogen-bond acceptors (Lipinski definition) is 4. The lowest BCUT2D eigenvalue weighted by molar-refractivity contribution is 0.0688. The molecule has 0 saturated carbocycles. The highest BCUT2D eigenvalue weighted by molar-refractivity contribution is 6.30. The Kier molecular flexibility index (Phi) is 5.54. The molecule has 10 heteroatoms. The van der Waals surface area contributed by atoms with Gasteiger partial charge in [0.2, 0.25) is 0 Å². The van der Waals surface area contributed by atoms with Gasteiger partial charge in [-0.1, -0.05) is 17.7 Å². The Bertz CT molecular complexity index is 1330. The molecule has 0 aliphatic carbocycles. The van der Waals surface area contributed by atoms with Gasteiger partial charge >= 0.3 is 0 Å². The number of benzene rings is 1. The van der Waals surface area contributed by atoms with Gasteiger partial charge in [-0.05, 0) is 44.0 Å². The van der Waals surface area contributed by atoms with Crippen LogP contribution in [0.15, 0.2) is 23.0 Å². The molecule has 1 aliphatic rings. The van der Waals surface area contributed by atoms with E-state index in [0.29, 0.717) is 35.4 Å². The zero-order valence-corrected chi connectivity index (χ0v) is 19.0. The van der Waals surface area contributed by atoms with Gasteiger partial charge in [-0.3, -0.25) is 14.4 Å². The Hall–Kier alpha value is -3.20. The van der Waals surface area contributed by atoms with E-state index in [1.807, 2.05) is 13.8 Å². The van der Waals surface area contributed by atoms with Crippen LogP contribution >= 0.6 is 11.6 Å². The number of amides is 2. The first-order valence-electron chi connectivity index (χ1n) is 10.3. The fourth-order valence-corrected chi connectivity index (χ4v) is 4.55. The molecule has 1 N–H and O–H groups in total. The number of halogens is 2. The van der Waals surface area contributed by atoms with Gasteiger partial charge in [-0.25, -0.2) is 9.07 Å². The van der Waals surface area contributed by atoms with E-state index in [9.17, 15) is 18.8 Å². The van der Waals surface area contributed by atoms with E-state index in [0.717, 1.165) is 4.68 Å². The number of nitrogens with one attached hydrogen (secondary N) is 1. The molecule has 1 atom stereocenters. The molecule has 0 radical (unpaired) electrons. The molecular weight excluding hydrogens is 437 g/mol. The first-order chi connectivity index (χ1) is 15.2. The second kappa shape index (κ2) is 8.05. The van der Waals surface area contributed by atoms with E-state index < -0.39 is 17.3 Å². The van der Waals surface area contributed by atoms with Crippen LogP contribution < -0.4 is 10.9 Å². The Balaban J connectivity index is 2.02. The molecule has 2 aromatic heterocycles. The van der Waals surface area contributed by atoms with Crippen molar-refractivity contribution in [3.63, 3.8) is 0 Å². The number of nitrogens with zero attached hydrogens (tertiary/aromatic N) is 4. The molecule has 32 heavy (non-hydrogen) atoms. The van der Waals surface area contributed by atoms with Crippen molar-refractivity contribution in [2.45, 2.75) is 33.4 Å². The van der Waals surface area contributed by atoms with Crippen LogP contribution in [0, 0.1) is 12.7 Å². The number of fused-ring (bicyclic) bond motifs is 3. The van der Waals surface area contributed by atoms with Gasteiger partial charge in [0.15, 0.2) is 5.69 Å². The average Bonchev–Trinajstić information content (AvgIpc) is 3.08. The first kappa shape index (κ1) is 22.0. The lowest BCUT2D eigenvalue weighted by Gasteiger charge is -2.33. The van der Waals surface area contributed by atoms with E-state index >= 15 is 0 Å². The summed E-state index contributed by atoms with van der Waals surface area (Å²) in [6, 6.07) is 3.98. The Morgan fingerprint density at radius 1 is 1.34 bits per heavy atom. The van der Waals surface area contributed by atoms with Crippen molar-refractivity contribution >= 4 is 34.3 Å². The largest absolute Gasteiger partial charge is 0.354 e. The van der Waals surface area contributed by atoms with Gasteiger partial charge in [0.25, 0.3) is 17.4 Å². The molecule has 168 valence electrons. The molecule has 1 unspecified atom stereocenters. The van der Waals surface area contributed by atoms with Crippen LogP contribution in [-0.4, -0.2) is 51.2 Å². The maximum Gasteiger partial charge on any atom is 0.276 e. The summed E-state index contributed by atoms with van der Waals surface area (Å²) in [4.78, 5) is 41.1. The summed E-state index contributed by atoms with van der Waals surface area (Å²) in [6.45, 7) is 6.55. The highest BCUT2D eigenvalue weighted by atomic mass is 35.5. The second-order valence-electron chi connectivity index (χ2n) is 7.90. The number of carbonyl (C=O) groups is 2. The SMILES string of the molecule is CCN1CC(C)n2c(c(C)c3c(=O)n(Cc4ccc(F)c(Cl)c4)nc(C(=O)NC)c32)C1=O. The van der Waals surface area contributed by atoms with Crippen LogP contribution in [-0.2, 0) is 6.54 Å². The van der Waals surface area contributed by atoms with E-state index in [2.05, 4.69) is 10.4 Å². The van der Waals surface area contributed by atoms with E-state index in [-0.39, 0.29) is 34.6 Å². The van der Waals surface area contributed by atoms with Crippen LogP contribution in [0.1, 0.15) is 52.0 Å². The van der Waals surface area contributed by atoms with Crippen LogP contribution in [0.5, 0.6) is 0 Å². The minimum atomic E-state index is -0.568. The third-order valence-electron chi connectivity index (χ3n) is 5.90. The third kappa shape index (κ3) is 3.28. The molecule has 3 heterocycles. The summed E-state index contributed by atoms with van der Waals surface area (Å²) in [5.41, 5.74) is 1.43. The number of aromatic nitrogens is 3. The molecule has 1 aliphatic heterocycles. The summed E-state index contributed by atoms with van der Waals surface area (Å²) >= 11 is 5.88. The minimum absolute atomic E-state index is 0.0106. The maximum atomic E-state index is 13.6. The van der Waals surface area contributed by atoms with Crippen molar-refractivity contribution < 1.29 is 14.0 Å². The van der Waals surface area contributed by atoms with E-state index in [4.69, 9.17) is 11.6 Å². The summed E-state index contributed by atoms with van der Waals surface area (Å²) in [5.74, 6) is -1.22. The first-order valence-corrected chi connectivity index (χ1v) is 10.7. The van der Waals surface area contributed by atoms with Crippen molar-refractivity contribution in [3.8, 4) is 0 Å². The summed E-state index contributed by atoms with van der Waals surface area (Å²) in [7, 11) is 1.48. The number of likely N-dealkylation sites (N-methyl/N-ethyl adjacent to an activating group) is 1. The van der Waals surface area contributed by atoms with Crippen LogP contribution in [0.3, 0.4) is 0 Å². The smallest absolute Gasteiger partial charge is 0.276 e. The number of hydrogen-bond donors (Lipinski definition) is 1. The summed E-state index contributed by atoms with van der Waals surface area (Å²) < 4.78 is 16.5. The van der Waals surface area contributed by atoms with Crippen molar-refractivity contribution in [2.24, 2.45) is 0 Å². The van der Waals surface area contributed by atoms with Crippen molar-refractivity contribution in [1.82, 2.24) is 24.6 Å². The van der Waals surface area contributed by atoms with Crippen LogP contribution in [0.4, 0.5) is 4.39 Å². The zero-order valence-electron chi connectivity index (χ0n) is 18.2. The predicted octanol–water partition coefficient (Wildman–Crippen LogP) is 2.74. The van der Waals surface area contributed by atoms with Gasteiger partial charge in [0, 0.05) is 26.2 Å². The summed E-state index contributed by atoms with van der Waals surface area (Å²) in [5, 5.41) is 7.12. The van der Waals surface area contributed by atoms with Gasteiger partial charge in [-0.2, -0.15) is 5.10 Å². The molecule has 0 spiro atoms. The Morgan fingerprint density at radius 3 is 2.69 bits per heavy atom. The van der Waals surface area contributed by atoms with Crippen molar-refractivity contribution in [2.75, 3.05) is 20.1 Å². The lowest BCUT2D eigenvalue weighted by atomic mass is 10.1. The van der Waals surface area contributed by atoms with Crippen molar-refractivity contribution in [1.29, 1.82) is 0 Å². The molecule has 3 aromatic rings. The summed E-state index contributed by atoms with van der Waals surface area (Å²) in [6.07, 6.45) is 0. The second-order valence-corrected chi connectivity index (χ2v) is 8.31. The fraction of sp³-hybridized carbons (Fsp3) is 0.364. The average molecular weight is 460 g/mol. The monoisotopic (exact) mass is 459 g/mol. The van der Waals surface area contributed by atoms with Gasteiger partial charge < -0.3 is 14.8 Å². The topological polar surface area (TPSA) is 89.2 Å². The quantitative estimate of drug-likeness (QED) is 0.649. The molecule has 8 nitrogen and oxygen atoms in total. The molecular formula is C22H23ClFN5O3. The minimum Gasteiger partial charge on any atom is -0.354 e. The van der Waals surface area contributed by atoms with Gasteiger partial charge in [0.1, 0.15) is 11.5 Å². The van der Waals surface area contributed by atoms with Crippen LogP contribution in [0.2, 0.25) is 5.02 Å². The lowest BCUT2D eigenvalue weighted by Crippen LogP contribution is -2.42. The molecule has 1 aromatic carbocycles. The van der Waals surface area contributed by atoms with Crippen molar-refractivity contribution in [3.05, 3.63) is 61.9 Å². The fourth-order valence-electron chi connectivity index (χ4n) is 4.35. The highest BCUT2D eigenvalue weighted by Gasteiger charge is 2.35. The molecule has 4 rings (SSSR count). The van der Waals surface area contributed by atoms with E-state index in [1.165, 1.54) is 25.2 Å². The van der Waals surface area contributed by atoms with Gasteiger partial charge in [0.05, 0.1) is 22.5 Å². The molecule has 2 amide bonds. The Labute approximate surface area is 188 Å². The Morgan fingerprint density at radius 2 is 2.06 bits per heavy atom. The number of carbonyl (C=O) groups excluding carboxylic acids is 2. The predicted molar refractivity (Wildman–Crippen MR) is 119 cm³/mol. The number of rotatable bonds is 4. The molecule has 0 saturated heterocycles. The molecule has 0 fully saturated rings. The van der Waals surface area contributed by atoms with E-state index in [1.54, 1.807) is 16.4 Å². The highest BCUT2D eigenvalue weighted by Crippen LogP contribution is 2.33. The maximum absolute atomic E-state index is 13.6. The molecule has 0 bridgehead atoms. The third-order valence-corrected chi connectivity index (χ3v) is 6.19. The normalized spacial score (nSPS) is 15.9. The zero-order chi connectivity index (χ0) is 23.3. The van der Waals surface area contributed by atoms with Gasteiger partial charge in [-0.15, -0.1) is 0 Å². The number of aryl methyl sites for hydroxylation is 1. The van der Waals surface area contributed by atoms with Crippen LogP contribution in [0.25, 0.3) is 10.9 Å². The standard InChI is InChI=1S/C22H23ClFN5O3/c1-5-27-9-11(2)29-18(22(27)32)12(3)16-19(29)17(20(30)25-4)26-28(21(16)31)10-13-6-7-15(24)14(23)8-13/h6-8,11H,5,9-10H2,1-4H3,(H,25,30).